The predicted octanol–water partition coefficient (Wildman–Crippen LogP) is 4.71. The van der Waals surface area contributed by atoms with Gasteiger partial charge < -0.3 is 20.1 Å². The average molecular weight is 453 g/mol. The number of anilines is 1. The number of halogens is 1. The number of carbonyl (C=O) groups excluding carboxylic acids is 2. The van der Waals surface area contributed by atoms with Gasteiger partial charge in [-0.05, 0) is 24.1 Å². The lowest BCUT2D eigenvalue weighted by Gasteiger charge is -2.26. The normalized spacial score (nSPS) is 11.5. The van der Waals surface area contributed by atoms with Crippen LogP contribution >= 0.6 is 11.6 Å². The first-order valence-electron chi connectivity index (χ1n) is 10.1. The number of benzene rings is 3. The van der Waals surface area contributed by atoms with E-state index in [2.05, 4.69) is 0 Å². The highest BCUT2D eigenvalue weighted by atomic mass is 35.5. The Balaban J connectivity index is 1.79. The topological polar surface area (TPSA) is 81.9 Å². The van der Waals surface area contributed by atoms with Crippen molar-refractivity contribution in [2.45, 2.75) is 26.1 Å². The maximum atomic E-state index is 13.3. The van der Waals surface area contributed by atoms with Crippen molar-refractivity contribution in [2.24, 2.45) is 0 Å². The summed E-state index contributed by atoms with van der Waals surface area (Å²) in [6.07, 6.45) is -1.02. The third-order valence-electron chi connectivity index (χ3n) is 4.91. The minimum Gasteiger partial charge on any atom is -0.496 e. The van der Waals surface area contributed by atoms with Crippen molar-refractivity contribution in [1.82, 2.24) is 4.90 Å². The third kappa shape index (κ3) is 5.80. The van der Waals surface area contributed by atoms with Gasteiger partial charge in [0.05, 0.1) is 17.8 Å². The second-order valence-electron chi connectivity index (χ2n) is 7.29. The van der Waals surface area contributed by atoms with Gasteiger partial charge in [-0.15, -0.1) is 0 Å². The Labute approximate surface area is 192 Å². The van der Waals surface area contributed by atoms with Crippen LogP contribution in [0.25, 0.3) is 0 Å². The standard InChI is InChI=1S/C25H25ClN2O4/c1-17(32-25(30)20-13-21(26)22(27)14-23(20)31-2)24(29)28(15-18-9-5-3-6-10-18)16-19-11-7-4-8-12-19/h3-14,17H,15-16,27H2,1-2H3. The van der Waals surface area contributed by atoms with Crippen LogP contribution in [0.15, 0.2) is 72.8 Å². The molecule has 0 aliphatic heterocycles. The van der Waals surface area contributed by atoms with Crippen LogP contribution in [0, 0.1) is 0 Å². The Bertz CT molecular complexity index is 1030. The Morgan fingerprint density at radius 2 is 1.50 bits per heavy atom. The van der Waals surface area contributed by atoms with E-state index in [0.29, 0.717) is 13.1 Å². The van der Waals surface area contributed by atoms with E-state index in [1.807, 2.05) is 60.7 Å². The van der Waals surface area contributed by atoms with E-state index in [1.54, 1.807) is 11.8 Å². The molecule has 0 saturated heterocycles. The highest BCUT2D eigenvalue weighted by Gasteiger charge is 2.26. The molecule has 2 N–H and O–H groups in total. The molecule has 0 bridgehead atoms. The summed E-state index contributed by atoms with van der Waals surface area (Å²) in [4.78, 5) is 27.7. The van der Waals surface area contributed by atoms with E-state index < -0.39 is 12.1 Å². The molecule has 0 radical (unpaired) electrons. The molecule has 1 unspecified atom stereocenters. The van der Waals surface area contributed by atoms with E-state index in [1.165, 1.54) is 19.2 Å². The van der Waals surface area contributed by atoms with Gasteiger partial charge in [-0.25, -0.2) is 4.79 Å². The van der Waals surface area contributed by atoms with Crippen LogP contribution in [-0.4, -0.2) is 30.0 Å². The number of hydrogen-bond donors (Lipinski definition) is 1. The SMILES string of the molecule is COc1cc(N)c(Cl)cc1C(=O)OC(C)C(=O)N(Cc1ccccc1)Cc1ccccc1. The van der Waals surface area contributed by atoms with Crippen molar-refractivity contribution < 1.29 is 19.1 Å². The fraction of sp³-hybridized carbons (Fsp3) is 0.200. The molecular weight excluding hydrogens is 428 g/mol. The molecule has 0 fully saturated rings. The van der Waals surface area contributed by atoms with Gasteiger partial charge in [-0.2, -0.15) is 0 Å². The van der Waals surface area contributed by atoms with Gasteiger partial charge in [0.2, 0.25) is 0 Å². The summed E-state index contributed by atoms with van der Waals surface area (Å²) in [5, 5.41) is 0.200. The van der Waals surface area contributed by atoms with Crippen LogP contribution in [0.2, 0.25) is 5.02 Å². The lowest BCUT2D eigenvalue weighted by atomic mass is 10.1. The zero-order valence-electron chi connectivity index (χ0n) is 18.0. The monoisotopic (exact) mass is 452 g/mol. The minimum absolute atomic E-state index is 0.101. The third-order valence-corrected chi connectivity index (χ3v) is 5.24. The van der Waals surface area contributed by atoms with Crippen LogP contribution < -0.4 is 10.5 Å². The Morgan fingerprint density at radius 1 is 0.969 bits per heavy atom. The molecule has 3 aromatic carbocycles. The predicted molar refractivity (Wildman–Crippen MR) is 124 cm³/mol. The molecule has 3 rings (SSSR count). The number of nitrogens with two attached hydrogens (primary N) is 1. The first kappa shape index (κ1) is 23.2. The van der Waals surface area contributed by atoms with Crippen molar-refractivity contribution >= 4 is 29.2 Å². The van der Waals surface area contributed by atoms with Crippen molar-refractivity contribution in [3.63, 3.8) is 0 Å². The number of ether oxygens (including phenoxy) is 2. The van der Waals surface area contributed by atoms with E-state index in [0.717, 1.165) is 11.1 Å². The number of carbonyl (C=O) groups is 2. The van der Waals surface area contributed by atoms with Gasteiger partial charge in [0, 0.05) is 19.2 Å². The lowest BCUT2D eigenvalue weighted by Crippen LogP contribution is -2.39. The first-order chi connectivity index (χ1) is 15.4. The highest BCUT2D eigenvalue weighted by molar-refractivity contribution is 6.33. The van der Waals surface area contributed by atoms with Crippen molar-refractivity contribution in [2.75, 3.05) is 12.8 Å². The highest BCUT2D eigenvalue weighted by Crippen LogP contribution is 2.29. The Hall–Kier alpha value is -3.51. The van der Waals surface area contributed by atoms with Gasteiger partial charge in [-0.3, -0.25) is 4.79 Å². The van der Waals surface area contributed by atoms with Crippen molar-refractivity contribution in [3.8, 4) is 5.75 Å². The Morgan fingerprint density at radius 3 is 2.00 bits per heavy atom. The molecule has 6 nitrogen and oxygen atoms in total. The second-order valence-corrected chi connectivity index (χ2v) is 7.69. The van der Waals surface area contributed by atoms with Crippen LogP contribution in [-0.2, 0) is 22.6 Å². The van der Waals surface area contributed by atoms with Gasteiger partial charge in [0.1, 0.15) is 11.3 Å². The molecular formula is C25H25ClN2O4. The van der Waals surface area contributed by atoms with Gasteiger partial charge in [0.15, 0.2) is 6.10 Å². The van der Waals surface area contributed by atoms with Gasteiger partial charge in [-0.1, -0.05) is 72.3 Å². The maximum Gasteiger partial charge on any atom is 0.342 e. The zero-order chi connectivity index (χ0) is 23.1. The second kappa shape index (κ2) is 10.7. The number of hydrogen-bond acceptors (Lipinski definition) is 5. The molecule has 166 valence electrons. The zero-order valence-corrected chi connectivity index (χ0v) is 18.7. The molecule has 0 spiro atoms. The number of nitrogen functional groups attached to an aromatic ring is 1. The van der Waals surface area contributed by atoms with Crippen LogP contribution in [0.5, 0.6) is 5.75 Å². The quantitative estimate of drug-likeness (QED) is 0.395. The van der Waals surface area contributed by atoms with Gasteiger partial charge >= 0.3 is 5.97 Å². The van der Waals surface area contributed by atoms with Crippen molar-refractivity contribution in [3.05, 3.63) is 94.5 Å². The van der Waals surface area contributed by atoms with E-state index >= 15 is 0 Å². The summed E-state index contributed by atoms with van der Waals surface area (Å²) >= 11 is 6.05. The summed E-state index contributed by atoms with van der Waals surface area (Å²) in [6, 6.07) is 22.1. The van der Waals surface area contributed by atoms with Crippen LogP contribution in [0.4, 0.5) is 5.69 Å². The summed E-state index contributed by atoms with van der Waals surface area (Å²) in [5.41, 5.74) is 8.10. The molecule has 0 aliphatic carbocycles. The molecule has 3 aromatic rings. The molecule has 0 aromatic heterocycles. The molecule has 1 atom stereocenters. The number of nitrogens with zero attached hydrogens (tertiary/aromatic N) is 1. The fourth-order valence-corrected chi connectivity index (χ4v) is 3.41. The van der Waals surface area contributed by atoms with E-state index in [-0.39, 0.29) is 27.9 Å². The lowest BCUT2D eigenvalue weighted by molar-refractivity contribution is -0.141. The van der Waals surface area contributed by atoms with Crippen LogP contribution in [0.1, 0.15) is 28.4 Å². The summed E-state index contributed by atoms with van der Waals surface area (Å²) in [5.74, 6) is -0.808. The summed E-state index contributed by atoms with van der Waals surface area (Å²) in [6.45, 7) is 2.32. The van der Waals surface area contributed by atoms with E-state index in [9.17, 15) is 9.59 Å². The van der Waals surface area contributed by atoms with Crippen LogP contribution in [0.3, 0.4) is 0 Å². The molecule has 32 heavy (non-hydrogen) atoms. The summed E-state index contributed by atoms with van der Waals surface area (Å²) in [7, 11) is 1.41. The Kier molecular flexibility index (Phi) is 7.73. The van der Waals surface area contributed by atoms with E-state index in [4.69, 9.17) is 26.8 Å². The fourth-order valence-electron chi connectivity index (χ4n) is 3.25. The first-order valence-corrected chi connectivity index (χ1v) is 10.5. The molecule has 0 aliphatic rings. The number of methoxy groups -OCH3 is 1. The largest absolute Gasteiger partial charge is 0.496 e. The molecule has 1 amide bonds. The molecule has 7 heteroatoms. The number of esters is 1. The maximum absolute atomic E-state index is 13.3. The molecule has 0 saturated carbocycles. The smallest absolute Gasteiger partial charge is 0.342 e. The van der Waals surface area contributed by atoms with Gasteiger partial charge in [0.25, 0.3) is 5.91 Å². The average Bonchev–Trinajstić information content (AvgIpc) is 2.80. The number of amides is 1. The summed E-state index contributed by atoms with van der Waals surface area (Å²) < 4.78 is 10.7. The van der Waals surface area contributed by atoms with Crippen molar-refractivity contribution in [1.29, 1.82) is 0 Å². The minimum atomic E-state index is -1.02. The number of rotatable bonds is 8. The molecule has 0 heterocycles.